The van der Waals surface area contributed by atoms with E-state index in [1.165, 1.54) is 6.08 Å². The van der Waals surface area contributed by atoms with Gasteiger partial charge in [-0.3, -0.25) is 9.59 Å². The van der Waals surface area contributed by atoms with Crippen molar-refractivity contribution < 1.29 is 14.3 Å². The molecule has 0 atom stereocenters. The minimum Gasteiger partial charge on any atom is -0.460 e. The lowest BCUT2D eigenvalue weighted by molar-refractivity contribution is -0.111. The molecule has 2 N–H and O–H groups in total. The van der Waals surface area contributed by atoms with Crippen LogP contribution in [0.4, 0.5) is 11.4 Å². The van der Waals surface area contributed by atoms with Crippen molar-refractivity contribution in [2.45, 2.75) is 45.1 Å². The Morgan fingerprint density at radius 2 is 1.83 bits per heavy atom. The molecule has 0 saturated carbocycles. The second-order valence-corrected chi connectivity index (χ2v) is 10.6. The summed E-state index contributed by atoms with van der Waals surface area (Å²) in [6, 6.07) is 14.7. The zero-order valence-electron chi connectivity index (χ0n) is 23.6. The van der Waals surface area contributed by atoms with Gasteiger partial charge >= 0.3 is 6.01 Å². The summed E-state index contributed by atoms with van der Waals surface area (Å²) < 4.78 is 8.07. The zero-order valence-corrected chi connectivity index (χ0v) is 23.6. The normalized spacial score (nSPS) is 14.2. The third-order valence-electron chi connectivity index (χ3n) is 7.15. The Hall–Kier alpha value is -4.57. The molecular weight excluding hydrogens is 518 g/mol. The van der Waals surface area contributed by atoms with Gasteiger partial charge < -0.3 is 20.3 Å². The Morgan fingerprint density at radius 3 is 2.54 bits per heavy atom. The van der Waals surface area contributed by atoms with Gasteiger partial charge in [-0.2, -0.15) is 15.1 Å². The van der Waals surface area contributed by atoms with Crippen LogP contribution in [0.3, 0.4) is 0 Å². The number of rotatable bonds is 9. The molecule has 0 bridgehead atoms. The van der Waals surface area contributed by atoms with Crippen LogP contribution in [0.2, 0.25) is 0 Å². The number of amides is 2. The van der Waals surface area contributed by atoms with Crippen molar-refractivity contribution in [2.75, 3.05) is 30.8 Å². The van der Waals surface area contributed by atoms with Crippen LogP contribution < -0.4 is 15.4 Å². The van der Waals surface area contributed by atoms with Gasteiger partial charge in [-0.15, -0.1) is 0 Å². The molecule has 41 heavy (non-hydrogen) atoms. The fourth-order valence-corrected chi connectivity index (χ4v) is 4.80. The lowest BCUT2D eigenvalue weighted by atomic mass is 10.1. The molecule has 0 unspecified atom stereocenters. The largest absolute Gasteiger partial charge is 0.460 e. The van der Waals surface area contributed by atoms with Crippen LogP contribution in [0, 0.1) is 0 Å². The van der Waals surface area contributed by atoms with Crippen molar-refractivity contribution >= 4 is 28.8 Å². The molecule has 1 aliphatic rings. The van der Waals surface area contributed by atoms with Gasteiger partial charge in [0.05, 0.1) is 6.20 Å². The Balaban J connectivity index is 1.35. The SMILES string of the molecule is C=CC(=O)Nc1ccc(C(=O)Nc2cccc(Cc3nc(OC4CCN(C)CC4)nc4c(C(C)C)cnn34)c2)cc1. The maximum absolute atomic E-state index is 12.9. The third-order valence-corrected chi connectivity index (χ3v) is 7.15. The molecule has 2 aromatic carbocycles. The van der Waals surface area contributed by atoms with Gasteiger partial charge in [-0.25, -0.2) is 4.52 Å². The molecule has 2 amide bonds. The van der Waals surface area contributed by atoms with Crippen LogP contribution in [0.1, 0.15) is 59.9 Å². The summed E-state index contributed by atoms with van der Waals surface area (Å²) >= 11 is 0. The molecule has 212 valence electrons. The summed E-state index contributed by atoms with van der Waals surface area (Å²) in [5, 5.41) is 10.2. The van der Waals surface area contributed by atoms with E-state index < -0.39 is 0 Å². The predicted octanol–water partition coefficient (Wildman–Crippen LogP) is 4.69. The lowest BCUT2D eigenvalue weighted by Crippen LogP contribution is -2.36. The molecule has 3 heterocycles. The molecule has 0 aliphatic carbocycles. The summed E-state index contributed by atoms with van der Waals surface area (Å²) in [5.41, 5.74) is 4.47. The molecule has 0 spiro atoms. The smallest absolute Gasteiger partial charge is 0.320 e. The van der Waals surface area contributed by atoms with Gasteiger partial charge in [0.1, 0.15) is 11.9 Å². The predicted molar refractivity (Wildman–Crippen MR) is 158 cm³/mol. The Bertz CT molecular complexity index is 1550. The average molecular weight is 554 g/mol. The highest BCUT2D eigenvalue weighted by Crippen LogP contribution is 2.24. The van der Waals surface area contributed by atoms with Crippen molar-refractivity contribution in [2.24, 2.45) is 0 Å². The van der Waals surface area contributed by atoms with E-state index in [2.05, 4.69) is 48.1 Å². The molecule has 1 fully saturated rings. The first kappa shape index (κ1) is 28.0. The average Bonchev–Trinajstić information content (AvgIpc) is 3.39. The number of aromatic nitrogens is 4. The van der Waals surface area contributed by atoms with E-state index in [4.69, 9.17) is 14.7 Å². The number of fused-ring (bicyclic) bond motifs is 1. The van der Waals surface area contributed by atoms with Crippen LogP contribution in [0.5, 0.6) is 6.01 Å². The number of nitrogens with zero attached hydrogens (tertiary/aromatic N) is 5. The van der Waals surface area contributed by atoms with Crippen molar-refractivity contribution in [3.63, 3.8) is 0 Å². The molecule has 1 saturated heterocycles. The van der Waals surface area contributed by atoms with E-state index in [-0.39, 0.29) is 23.8 Å². The molecule has 0 radical (unpaired) electrons. The van der Waals surface area contributed by atoms with Crippen molar-refractivity contribution in [1.82, 2.24) is 24.5 Å². The molecule has 10 nitrogen and oxygen atoms in total. The van der Waals surface area contributed by atoms with Crippen LogP contribution in [0.25, 0.3) is 5.65 Å². The first-order valence-electron chi connectivity index (χ1n) is 13.8. The quantitative estimate of drug-likeness (QED) is 0.289. The lowest BCUT2D eigenvalue weighted by Gasteiger charge is -2.28. The summed E-state index contributed by atoms with van der Waals surface area (Å²) in [6.45, 7) is 9.65. The number of anilines is 2. The van der Waals surface area contributed by atoms with Crippen LogP contribution in [-0.2, 0) is 11.2 Å². The van der Waals surface area contributed by atoms with Crippen LogP contribution in [-0.4, -0.2) is 62.5 Å². The molecule has 10 heteroatoms. The Labute approximate surface area is 239 Å². The minimum absolute atomic E-state index is 0.0813. The highest BCUT2D eigenvalue weighted by Gasteiger charge is 2.22. The molecule has 1 aliphatic heterocycles. The second kappa shape index (κ2) is 12.3. The standard InChI is InChI=1S/C31H35N7O3/c1-5-28(39)33-23-11-9-22(10-12-23)30(40)34-24-8-6-7-21(17-24)18-27-35-31(41-25-13-15-37(4)16-14-25)36-29-26(20(2)3)19-32-38(27)29/h5-12,17,19-20,25H,1,13-16,18H2,2-4H3,(H,33,39)(H,34,40). The first-order chi connectivity index (χ1) is 19.8. The van der Waals surface area contributed by atoms with Crippen molar-refractivity contribution in [3.05, 3.63) is 89.9 Å². The number of hydrogen-bond acceptors (Lipinski definition) is 7. The highest BCUT2D eigenvalue weighted by molar-refractivity contribution is 6.05. The van der Waals surface area contributed by atoms with E-state index in [0.717, 1.165) is 42.7 Å². The summed E-state index contributed by atoms with van der Waals surface area (Å²) in [6.07, 6.45) is 5.47. The molecule has 5 rings (SSSR count). The van der Waals surface area contributed by atoms with Gasteiger partial charge in [0.15, 0.2) is 5.65 Å². The number of piperidine rings is 1. The van der Waals surface area contributed by atoms with E-state index >= 15 is 0 Å². The van der Waals surface area contributed by atoms with Gasteiger partial charge in [0, 0.05) is 42.0 Å². The monoisotopic (exact) mass is 553 g/mol. The maximum Gasteiger partial charge on any atom is 0.320 e. The van der Waals surface area contributed by atoms with Crippen LogP contribution in [0.15, 0.2) is 67.4 Å². The second-order valence-electron chi connectivity index (χ2n) is 10.6. The number of likely N-dealkylation sites (tertiary alicyclic amines) is 1. The number of carbonyl (C=O) groups is 2. The van der Waals surface area contributed by atoms with Gasteiger partial charge in [-0.05, 0) is 73.8 Å². The van der Waals surface area contributed by atoms with Crippen molar-refractivity contribution in [3.8, 4) is 6.01 Å². The highest BCUT2D eigenvalue weighted by atomic mass is 16.5. The van der Waals surface area contributed by atoms with Crippen molar-refractivity contribution in [1.29, 1.82) is 0 Å². The number of benzene rings is 2. The van der Waals surface area contributed by atoms with Gasteiger partial charge in [-0.1, -0.05) is 32.6 Å². The van der Waals surface area contributed by atoms with E-state index in [0.29, 0.717) is 35.2 Å². The van der Waals surface area contributed by atoms with Crippen LogP contribution >= 0.6 is 0 Å². The molecule has 2 aromatic heterocycles. The third kappa shape index (κ3) is 6.78. The van der Waals surface area contributed by atoms with Gasteiger partial charge in [0.2, 0.25) is 5.91 Å². The number of nitrogens with one attached hydrogen (secondary N) is 2. The Morgan fingerprint density at radius 1 is 1.07 bits per heavy atom. The van der Waals surface area contributed by atoms with E-state index in [9.17, 15) is 9.59 Å². The fraction of sp³-hybridized carbons (Fsp3) is 0.323. The number of hydrogen-bond donors (Lipinski definition) is 2. The Kier molecular flexibility index (Phi) is 8.39. The minimum atomic E-state index is -0.309. The fourth-order valence-electron chi connectivity index (χ4n) is 4.80. The maximum atomic E-state index is 12.9. The van der Waals surface area contributed by atoms with Gasteiger partial charge in [0.25, 0.3) is 5.91 Å². The number of carbonyl (C=O) groups excluding carboxylic acids is 2. The number of ether oxygens (including phenoxy) is 1. The van der Waals surface area contributed by atoms with E-state index in [1.807, 2.05) is 30.5 Å². The van der Waals surface area contributed by atoms with E-state index in [1.54, 1.807) is 28.8 Å². The molecular formula is C31H35N7O3. The summed E-state index contributed by atoms with van der Waals surface area (Å²) in [5.74, 6) is 0.398. The molecule has 4 aromatic rings. The topological polar surface area (TPSA) is 114 Å². The first-order valence-corrected chi connectivity index (χ1v) is 13.8. The summed E-state index contributed by atoms with van der Waals surface area (Å²) in [4.78, 5) is 36.2. The zero-order chi connectivity index (χ0) is 28.9. The summed E-state index contributed by atoms with van der Waals surface area (Å²) in [7, 11) is 2.12.